The number of rotatable bonds is 8. The molecule has 7 nitrogen and oxygen atoms in total. The second-order valence-electron chi connectivity index (χ2n) is 5.83. The zero-order valence-corrected chi connectivity index (χ0v) is 15.1. The number of amides is 1. The van der Waals surface area contributed by atoms with Crippen LogP contribution in [0.3, 0.4) is 0 Å². The van der Waals surface area contributed by atoms with Gasteiger partial charge in [0, 0.05) is 25.5 Å². The summed E-state index contributed by atoms with van der Waals surface area (Å²) in [5.41, 5.74) is 2.37. The maximum atomic E-state index is 12.1. The monoisotopic (exact) mass is 363 g/mol. The lowest BCUT2D eigenvalue weighted by Gasteiger charge is -2.09. The van der Waals surface area contributed by atoms with Crippen molar-refractivity contribution < 1.29 is 9.53 Å². The minimum atomic E-state index is -0.264. The molecule has 138 valence electrons. The van der Waals surface area contributed by atoms with Gasteiger partial charge in [0.05, 0.1) is 7.11 Å². The van der Waals surface area contributed by atoms with Crippen LogP contribution in [0.1, 0.15) is 21.6 Å². The van der Waals surface area contributed by atoms with E-state index in [9.17, 15) is 4.79 Å². The van der Waals surface area contributed by atoms with Gasteiger partial charge in [-0.2, -0.15) is 0 Å². The second kappa shape index (κ2) is 9.28. The molecule has 2 N–H and O–H groups in total. The lowest BCUT2D eigenvalue weighted by atomic mass is 10.1. The first-order chi connectivity index (χ1) is 13.3. The summed E-state index contributed by atoms with van der Waals surface area (Å²) in [7, 11) is 1.66. The molecule has 0 aliphatic heterocycles. The summed E-state index contributed by atoms with van der Waals surface area (Å²) in [6.45, 7) is 1.10. The highest BCUT2D eigenvalue weighted by atomic mass is 16.5. The van der Waals surface area contributed by atoms with Crippen molar-refractivity contribution in [3.8, 4) is 5.75 Å². The fourth-order valence-corrected chi connectivity index (χ4v) is 2.56. The van der Waals surface area contributed by atoms with Gasteiger partial charge in [-0.1, -0.05) is 18.2 Å². The van der Waals surface area contributed by atoms with Crippen LogP contribution in [0, 0.1) is 0 Å². The molecule has 0 fully saturated rings. The van der Waals surface area contributed by atoms with Gasteiger partial charge in [-0.3, -0.25) is 9.78 Å². The highest BCUT2D eigenvalue weighted by Crippen LogP contribution is 2.17. The largest absolute Gasteiger partial charge is 0.496 e. The number of para-hydroxylation sites is 1. The first-order valence-electron chi connectivity index (χ1n) is 8.63. The summed E-state index contributed by atoms with van der Waals surface area (Å²) in [5.74, 6) is 1.22. The molecule has 1 amide bonds. The van der Waals surface area contributed by atoms with E-state index in [1.807, 2.05) is 36.4 Å². The molecule has 7 heteroatoms. The van der Waals surface area contributed by atoms with Crippen molar-refractivity contribution in [3.05, 3.63) is 77.7 Å². The number of aromatic nitrogens is 3. The Morgan fingerprint density at radius 2 is 1.85 bits per heavy atom. The second-order valence-corrected chi connectivity index (χ2v) is 5.83. The molecular formula is C20H21N5O2. The number of hydrogen-bond acceptors (Lipinski definition) is 6. The molecule has 3 aromatic rings. The number of nitrogens with zero attached hydrogens (tertiary/aromatic N) is 3. The van der Waals surface area contributed by atoms with E-state index in [1.54, 1.807) is 31.6 Å². The van der Waals surface area contributed by atoms with Crippen LogP contribution in [0.2, 0.25) is 0 Å². The lowest BCUT2D eigenvalue weighted by molar-refractivity contribution is 0.0945. The van der Waals surface area contributed by atoms with Gasteiger partial charge >= 0.3 is 0 Å². The Kier molecular flexibility index (Phi) is 6.30. The average molecular weight is 363 g/mol. The van der Waals surface area contributed by atoms with Crippen molar-refractivity contribution in [3.63, 3.8) is 0 Å². The number of methoxy groups -OCH3 is 1. The third-order valence-corrected chi connectivity index (χ3v) is 3.99. The van der Waals surface area contributed by atoms with Crippen molar-refractivity contribution in [1.29, 1.82) is 0 Å². The number of nitrogens with one attached hydrogen (secondary N) is 2. The van der Waals surface area contributed by atoms with E-state index >= 15 is 0 Å². The zero-order valence-electron chi connectivity index (χ0n) is 15.1. The van der Waals surface area contributed by atoms with Crippen LogP contribution in [0.25, 0.3) is 0 Å². The molecular weight excluding hydrogens is 342 g/mol. The Balaban J connectivity index is 1.49. The summed E-state index contributed by atoms with van der Waals surface area (Å²) < 4.78 is 5.34. The maximum Gasteiger partial charge on any atom is 0.272 e. The Labute approximate surface area is 157 Å². The van der Waals surface area contributed by atoms with E-state index in [4.69, 9.17) is 4.74 Å². The molecule has 3 rings (SSSR count). The first-order valence-corrected chi connectivity index (χ1v) is 8.63. The molecule has 0 unspecified atom stereocenters. The summed E-state index contributed by atoms with van der Waals surface area (Å²) >= 11 is 0. The smallest absolute Gasteiger partial charge is 0.272 e. The van der Waals surface area contributed by atoms with E-state index in [2.05, 4.69) is 25.8 Å². The molecule has 0 bridgehead atoms. The van der Waals surface area contributed by atoms with Crippen molar-refractivity contribution in [1.82, 2.24) is 20.5 Å². The van der Waals surface area contributed by atoms with Crippen LogP contribution in [-0.4, -0.2) is 34.7 Å². The van der Waals surface area contributed by atoms with E-state index in [1.165, 1.54) is 0 Å². The highest BCUT2D eigenvalue weighted by Gasteiger charge is 2.08. The van der Waals surface area contributed by atoms with Gasteiger partial charge < -0.3 is 15.4 Å². The predicted octanol–water partition coefficient (Wildman–Crippen LogP) is 2.46. The quantitative estimate of drug-likeness (QED) is 0.639. The van der Waals surface area contributed by atoms with Gasteiger partial charge in [0.15, 0.2) is 5.69 Å². The Bertz CT molecular complexity index is 869. The molecule has 2 aromatic heterocycles. The van der Waals surface area contributed by atoms with Gasteiger partial charge in [0.2, 0.25) is 0 Å². The van der Waals surface area contributed by atoms with Crippen molar-refractivity contribution in [2.45, 2.75) is 13.0 Å². The van der Waals surface area contributed by atoms with Gasteiger partial charge in [-0.25, -0.2) is 0 Å². The Morgan fingerprint density at radius 3 is 2.59 bits per heavy atom. The van der Waals surface area contributed by atoms with Gasteiger partial charge in [-0.05, 0) is 47.9 Å². The van der Waals surface area contributed by atoms with E-state index in [-0.39, 0.29) is 11.6 Å². The molecule has 2 heterocycles. The number of benzene rings is 1. The van der Waals surface area contributed by atoms with Crippen LogP contribution < -0.4 is 15.4 Å². The highest BCUT2D eigenvalue weighted by molar-refractivity contribution is 5.92. The minimum Gasteiger partial charge on any atom is -0.496 e. The first kappa shape index (κ1) is 18.3. The maximum absolute atomic E-state index is 12.1. The predicted molar refractivity (Wildman–Crippen MR) is 103 cm³/mol. The van der Waals surface area contributed by atoms with Crippen molar-refractivity contribution in [2.24, 2.45) is 0 Å². The van der Waals surface area contributed by atoms with Gasteiger partial charge in [0.25, 0.3) is 5.91 Å². The summed E-state index contributed by atoms with van der Waals surface area (Å²) in [4.78, 5) is 16.1. The zero-order chi connectivity index (χ0) is 18.9. The van der Waals surface area contributed by atoms with Crippen LogP contribution in [0.15, 0.2) is 60.9 Å². The molecule has 0 aliphatic rings. The van der Waals surface area contributed by atoms with Gasteiger partial charge in [0.1, 0.15) is 11.6 Å². The summed E-state index contributed by atoms with van der Waals surface area (Å²) in [6.07, 6.45) is 4.17. The molecule has 0 atom stereocenters. The molecule has 1 aromatic carbocycles. The molecule has 27 heavy (non-hydrogen) atoms. The standard InChI is InChI=1S/C20H21N5O2/c1-27-18-5-3-2-4-16(18)10-13-22-19-7-6-17(24-25-19)20(26)23-14-15-8-11-21-12-9-15/h2-9,11-12H,10,13-14H2,1H3,(H,22,25)(H,23,26). The summed E-state index contributed by atoms with van der Waals surface area (Å²) in [6, 6.07) is 15.0. The van der Waals surface area contributed by atoms with Crippen LogP contribution in [0.4, 0.5) is 5.82 Å². The Morgan fingerprint density at radius 1 is 1.04 bits per heavy atom. The number of carbonyl (C=O) groups is 1. The minimum absolute atomic E-state index is 0.264. The average Bonchev–Trinajstić information content (AvgIpc) is 2.73. The van der Waals surface area contributed by atoms with Crippen LogP contribution in [0.5, 0.6) is 5.75 Å². The fourth-order valence-electron chi connectivity index (χ4n) is 2.56. The van der Waals surface area contributed by atoms with E-state index in [0.29, 0.717) is 18.9 Å². The SMILES string of the molecule is COc1ccccc1CCNc1ccc(C(=O)NCc2ccncc2)nn1. The number of ether oxygens (including phenoxy) is 1. The Hall–Kier alpha value is -3.48. The normalized spacial score (nSPS) is 10.3. The molecule has 0 spiro atoms. The third kappa shape index (κ3) is 5.24. The number of carbonyl (C=O) groups excluding carboxylic acids is 1. The number of anilines is 1. The topological polar surface area (TPSA) is 89.0 Å². The van der Waals surface area contributed by atoms with Crippen LogP contribution in [-0.2, 0) is 13.0 Å². The summed E-state index contributed by atoms with van der Waals surface area (Å²) in [5, 5.41) is 14.1. The van der Waals surface area contributed by atoms with Gasteiger partial charge in [-0.15, -0.1) is 10.2 Å². The third-order valence-electron chi connectivity index (χ3n) is 3.99. The fraction of sp³-hybridized carbons (Fsp3) is 0.200. The van der Waals surface area contributed by atoms with E-state index < -0.39 is 0 Å². The molecule has 0 aliphatic carbocycles. The lowest BCUT2D eigenvalue weighted by Crippen LogP contribution is -2.24. The molecule has 0 saturated carbocycles. The molecule has 0 radical (unpaired) electrons. The van der Waals surface area contributed by atoms with Crippen molar-refractivity contribution >= 4 is 11.7 Å². The number of hydrogen-bond donors (Lipinski definition) is 2. The number of pyridine rings is 1. The van der Waals surface area contributed by atoms with Crippen LogP contribution >= 0.6 is 0 Å². The van der Waals surface area contributed by atoms with Crippen molar-refractivity contribution in [2.75, 3.05) is 19.0 Å². The molecule has 0 saturated heterocycles. The van der Waals surface area contributed by atoms with E-state index in [0.717, 1.165) is 23.3 Å².